The predicted octanol–water partition coefficient (Wildman–Crippen LogP) is 25.3. The Morgan fingerprint density at radius 3 is 1.04 bits per heavy atom. The molecule has 0 atom stereocenters. The van der Waals surface area contributed by atoms with Crippen LogP contribution in [-0.2, 0) is 10.8 Å². The van der Waals surface area contributed by atoms with Crippen molar-refractivity contribution in [2.24, 2.45) is 0 Å². The number of benzene rings is 13. The van der Waals surface area contributed by atoms with Crippen LogP contribution in [0.25, 0.3) is 142 Å². The van der Waals surface area contributed by atoms with Crippen LogP contribution in [0.5, 0.6) is 0 Å². The Hall–Kier alpha value is -11.3. The van der Waals surface area contributed by atoms with Crippen molar-refractivity contribution in [3.63, 3.8) is 0 Å². The maximum absolute atomic E-state index is 7.06. The summed E-state index contributed by atoms with van der Waals surface area (Å²) in [5.74, 6) is 0. The van der Waals surface area contributed by atoms with Crippen LogP contribution < -0.4 is 9.80 Å². The number of furan rings is 2. The van der Waals surface area contributed by atoms with E-state index in [1.165, 1.54) is 110 Å². The van der Waals surface area contributed by atoms with Crippen molar-refractivity contribution in [1.29, 1.82) is 0 Å². The van der Waals surface area contributed by atoms with Gasteiger partial charge in [0.25, 0.3) is 0 Å². The van der Waals surface area contributed by atoms with Crippen molar-refractivity contribution in [3.8, 4) is 22.3 Å². The van der Waals surface area contributed by atoms with Crippen molar-refractivity contribution in [2.75, 3.05) is 9.80 Å². The Kier molecular flexibility index (Phi) is 11.3. The highest BCUT2D eigenvalue weighted by Crippen LogP contribution is 2.52. The van der Waals surface area contributed by atoms with Crippen LogP contribution in [0.15, 0.2) is 264 Å². The van der Waals surface area contributed by atoms with Crippen LogP contribution in [0.2, 0.25) is 0 Å². The van der Waals surface area contributed by atoms with E-state index in [0.717, 1.165) is 89.1 Å². The van der Waals surface area contributed by atoms with E-state index in [1.807, 2.05) is 0 Å². The lowest BCUT2D eigenvalue weighted by Gasteiger charge is -2.27. The number of aryl methyl sites for hydroxylation is 2. The lowest BCUT2D eigenvalue weighted by atomic mass is 9.86. The van der Waals surface area contributed by atoms with Gasteiger partial charge in [0.2, 0.25) is 0 Å². The fraction of sp³-hybridized carbons (Fsp3) is 0.114. The topological polar surface area (TPSA) is 41.6 Å². The number of fused-ring (bicyclic) bond motifs is 18. The molecule has 19 rings (SSSR count). The van der Waals surface area contributed by atoms with Crippen molar-refractivity contribution in [1.82, 2.24) is 8.80 Å². The summed E-state index contributed by atoms with van der Waals surface area (Å²) in [7, 11) is 0. The molecule has 94 heavy (non-hydrogen) atoms. The second-order valence-corrected chi connectivity index (χ2v) is 28.1. The minimum absolute atomic E-state index is 0.0833. The zero-order valence-electron chi connectivity index (χ0n) is 53.9. The van der Waals surface area contributed by atoms with Gasteiger partial charge in [-0.05, 0) is 131 Å². The van der Waals surface area contributed by atoms with Gasteiger partial charge in [-0.3, -0.25) is 0 Å². The van der Waals surface area contributed by atoms with Gasteiger partial charge in [-0.25, -0.2) is 0 Å². The Morgan fingerprint density at radius 2 is 0.638 bits per heavy atom. The number of para-hydroxylation sites is 6. The monoisotopic (exact) mass is 1210 g/mol. The lowest BCUT2D eigenvalue weighted by Crippen LogP contribution is -2.11. The van der Waals surface area contributed by atoms with Gasteiger partial charge in [-0.15, -0.1) is 0 Å². The zero-order valence-corrected chi connectivity index (χ0v) is 53.9. The van der Waals surface area contributed by atoms with E-state index in [0.29, 0.717) is 0 Å². The Morgan fingerprint density at radius 1 is 0.287 bits per heavy atom. The van der Waals surface area contributed by atoms with Crippen LogP contribution in [0.3, 0.4) is 0 Å². The number of hydrogen-bond donors (Lipinski definition) is 0. The van der Waals surface area contributed by atoms with Crippen LogP contribution >= 0.6 is 0 Å². The Balaban J connectivity index is 0.725. The van der Waals surface area contributed by atoms with Gasteiger partial charge in [0, 0.05) is 98.5 Å². The van der Waals surface area contributed by atoms with Crippen LogP contribution in [0.1, 0.15) is 63.8 Å². The van der Waals surface area contributed by atoms with Crippen LogP contribution in [0.4, 0.5) is 34.1 Å². The first kappa shape index (κ1) is 54.4. The van der Waals surface area contributed by atoms with E-state index in [4.69, 9.17) is 8.83 Å². The van der Waals surface area contributed by atoms with Gasteiger partial charge >= 0.3 is 0 Å². The SMILES string of the molecule is Cc1ccc2c(oc3c(C(C)(C)C)cccc32)c1N(c1ccccc1)c1ccc(-c2cccc3c2c2cccc4c5cc6c(cc5n3c42)c2cccc3c4c(-c5ccc(N(c7ccccc7)c7c(C)ccc8c7oc7c(C(C)(C)C)cccc78)cc5)cccc4n6c23)cc1. The minimum atomic E-state index is -0.0833. The van der Waals surface area contributed by atoms with Gasteiger partial charge < -0.3 is 27.4 Å². The van der Waals surface area contributed by atoms with Gasteiger partial charge in [0.15, 0.2) is 11.2 Å². The molecule has 0 aliphatic rings. The number of hydrogen-bond acceptors (Lipinski definition) is 4. The third-order valence-corrected chi connectivity index (χ3v) is 20.5. The highest BCUT2D eigenvalue weighted by molar-refractivity contribution is 6.31. The van der Waals surface area contributed by atoms with E-state index < -0.39 is 0 Å². The fourth-order valence-corrected chi connectivity index (χ4v) is 16.2. The molecule has 0 fully saturated rings. The normalized spacial score (nSPS) is 12.7. The molecular formula is C88H66N4O2. The number of anilines is 6. The summed E-state index contributed by atoms with van der Waals surface area (Å²) >= 11 is 0. The van der Waals surface area contributed by atoms with Crippen LogP contribution in [0, 0.1) is 13.8 Å². The molecule has 0 spiro atoms. The average Bonchev–Trinajstić information content (AvgIpc) is 1.52. The summed E-state index contributed by atoms with van der Waals surface area (Å²) in [6, 6.07) is 94.3. The Labute approximate surface area is 544 Å². The minimum Gasteiger partial charge on any atom is -0.454 e. The molecule has 6 heteroatoms. The summed E-state index contributed by atoms with van der Waals surface area (Å²) in [6.45, 7) is 18.0. The van der Waals surface area contributed by atoms with Gasteiger partial charge in [-0.2, -0.15) is 0 Å². The fourth-order valence-electron chi connectivity index (χ4n) is 16.2. The molecule has 6 aromatic heterocycles. The first-order valence-corrected chi connectivity index (χ1v) is 32.9. The average molecular weight is 1210 g/mol. The van der Waals surface area contributed by atoms with E-state index in [-0.39, 0.29) is 10.8 Å². The number of nitrogens with zero attached hydrogens (tertiary/aromatic N) is 4. The molecular weight excluding hydrogens is 1140 g/mol. The second-order valence-electron chi connectivity index (χ2n) is 28.1. The van der Waals surface area contributed by atoms with Crippen LogP contribution in [-0.4, -0.2) is 8.80 Å². The molecule has 13 aromatic carbocycles. The molecule has 0 N–H and O–H groups in total. The summed E-state index contributed by atoms with van der Waals surface area (Å²) in [5.41, 5.74) is 26.7. The summed E-state index contributed by atoms with van der Waals surface area (Å²) in [6.07, 6.45) is 0. The molecule has 450 valence electrons. The standard InChI is InChI=1S/C88H66N4O2/c1-51-37-47-65-63-29-17-33-71(87(3,4)5)83(63)93-85(65)79(51)89(55-21-11-9-12-22-55)57-43-39-53(40-44-57)59-25-19-35-73-77(59)67-31-15-27-61-69-50-76-70(49-75(69)91(73)81(61)67)62-28-16-32-68-78-60(26-20-36-74(78)92(76)82(62)68)54-41-45-58(46-42-54)90(56-23-13-10-14-24-56)80-52(2)38-48-66-64-30-18-34-72(88(6,7)8)84(64)94-86(66)80/h9-50H,1-8H3. The summed E-state index contributed by atoms with van der Waals surface area (Å²) < 4.78 is 19.2. The van der Waals surface area contributed by atoms with Crippen molar-refractivity contribution < 1.29 is 8.83 Å². The van der Waals surface area contributed by atoms with Gasteiger partial charge in [-0.1, -0.05) is 224 Å². The maximum atomic E-state index is 7.06. The molecule has 19 aromatic rings. The van der Waals surface area contributed by atoms with Gasteiger partial charge in [0.05, 0.1) is 44.5 Å². The zero-order chi connectivity index (χ0) is 63.2. The smallest absolute Gasteiger partial charge is 0.159 e. The molecule has 0 amide bonds. The molecule has 0 saturated heterocycles. The highest BCUT2D eigenvalue weighted by Gasteiger charge is 2.30. The van der Waals surface area contributed by atoms with E-state index in [1.54, 1.807) is 0 Å². The van der Waals surface area contributed by atoms with Crippen molar-refractivity contribution in [2.45, 2.75) is 66.2 Å². The molecule has 6 heterocycles. The largest absolute Gasteiger partial charge is 0.454 e. The second kappa shape index (κ2) is 19.6. The summed E-state index contributed by atoms with van der Waals surface area (Å²) in [5, 5.41) is 14.6. The predicted molar refractivity (Wildman–Crippen MR) is 397 cm³/mol. The molecule has 0 unspecified atom stereocenters. The van der Waals surface area contributed by atoms with Gasteiger partial charge in [0.1, 0.15) is 11.2 Å². The highest BCUT2D eigenvalue weighted by atomic mass is 16.3. The molecule has 0 radical (unpaired) electrons. The molecule has 0 aliphatic heterocycles. The van der Waals surface area contributed by atoms with Crippen molar-refractivity contribution in [3.05, 3.63) is 277 Å². The quantitative estimate of drug-likeness (QED) is 0.152. The van der Waals surface area contributed by atoms with E-state index in [2.05, 4.69) is 329 Å². The third kappa shape index (κ3) is 7.65. The molecule has 0 aliphatic carbocycles. The summed E-state index contributed by atoms with van der Waals surface area (Å²) in [4.78, 5) is 4.75. The number of rotatable bonds is 8. The molecule has 0 bridgehead atoms. The molecule has 6 nitrogen and oxygen atoms in total. The third-order valence-electron chi connectivity index (χ3n) is 20.5. The Bertz CT molecular complexity index is 5920. The maximum Gasteiger partial charge on any atom is 0.159 e. The first-order chi connectivity index (χ1) is 45.8. The van der Waals surface area contributed by atoms with E-state index >= 15 is 0 Å². The molecule has 0 saturated carbocycles. The van der Waals surface area contributed by atoms with Crippen molar-refractivity contribution >= 4 is 154 Å². The van der Waals surface area contributed by atoms with E-state index in [9.17, 15) is 0 Å². The lowest BCUT2D eigenvalue weighted by molar-refractivity contribution is 0.572. The number of aromatic nitrogens is 2. The first-order valence-electron chi connectivity index (χ1n) is 32.9.